The Balaban J connectivity index is 0.00000288. The molecule has 5 nitrogen and oxygen atoms in total. The van der Waals surface area contributed by atoms with E-state index < -0.39 is 0 Å². The normalized spacial score (nSPS) is 12.4. The van der Waals surface area contributed by atoms with Crippen LogP contribution in [-0.4, -0.2) is 35.9 Å². The Morgan fingerprint density at radius 3 is 2.83 bits per heavy atom. The number of guanidine groups is 1. The number of hydrogen-bond acceptors (Lipinski definition) is 2. The fourth-order valence-corrected chi connectivity index (χ4v) is 2.51. The molecule has 7 heteroatoms. The van der Waals surface area contributed by atoms with Crippen LogP contribution < -0.4 is 10.6 Å². The molecule has 0 saturated carbocycles. The largest absolute Gasteiger partial charge is 0.356 e. The summed E-state index contributed by atoms with van der Waals surface area (Å²) < 4.78 is 1.95. The van der Waals surface area contributed by atoms with Crippen molar-refractivity contribution in [3.05, 3.63) is 53.3 Å². The van der Waals surface area contributed by atoms with Gasteiger partial charge in [-0.05, 0) is 36.1 Å². The third-order valence-electron chi connectivity index (χ3n) is 3.49. The van der Waals surface area contributed by atoms with E-state index in [4.69, 9.17) is 11.6 Å². The average Bonchev–Trinajstić information content (AvgIpc) is 3.03. The highest BCUT2D eigenvalue weighted by Gasteiger charge is 2.05. The van der Waals surface area contributed by atoms with E-state index in [0.29, 0.717) is 5.92 Å². The second-order valence-corrected chi connectivity index (χ2v) is 6.03. The number of benzene rings is 1. The molecule has 0 radical (unpaired) electrons. The number of aromatic nitrogens is 2. The Morgan fingerprint density at radius 2 is 2.17 bits per heavy atom. The van der Waals surface area contributed by atoms with E-state index in [1.54, 1.807) is 13.2 Å². The highest BCUT2D eigenvalue weighted by molar-refractivity contribution is 14.0. The SMILES string of the molecule is CN=C(NCCc1cccc(Cl)c1)NCC(C)Cn1cccn1.I. The van der Waals surface area contributed by atoms with Gasteiger partial charge < -0.3 is 10.6 Å². The summed E-state index contributed by atoms with van der Waals surface area (Å²) in [7, 11) is 1.78. The second-order valence-electron chi connectivity index (χ2n) is 5.59. The molecule has 0 aliphatic carbocycles. The molecule has 2 N–H and O–H groups in total. The van der Waals surface area contributed by atoms with Gasteiger partial charge in [0, 0.05) is 44.1 Å². The predicted molar refractivity (Wildman–Crippen MR) is 111 cm³/mol. The lowest BCUT2D eigenvalue weighted by Gasteiger charge is -2.16. The van der Waals surface area contributed by atoms with Crippen LogP contribution in [-0.2, 0) is 13.0 Å². The summed E-state index contributed by atoms with van der Waals surface area (Å²) in [5.74, 6) is 1.28. The molecule has 2 rings (SSSR count). The standard InChI is InChI=1S/C17H24ClN5.HI/c1-14(13-23-10-4-8-22-23)12-21-17(19-2)20-9-7-15-5-3-6-16(18)11-15;/h3-6,8,10-11,14H,7,9,12-13H2,1-2H3,(H2,19,20,21);1H. The van der Waals surface area contributed by atoms with Crippen LogP contribution in [0, 0.1) is 5.92 Å². The molecule has 0 bridgehead atoms. The number of nitrogens with one attached hydrogen (secondary N) is 2. The van der Waals surface area contributed by atoms with E-state index in [9.17, 15) is 0 Å². The van der Waals surface area contributed by atoms with Gasteiger partial charge in [-0.25, -0.2) is 0 Å². The Bertz CT molecular complexity index is 615. The smallest absolute Gasteiger partial charge is 0.190 e. The predicted octanol–water partition coefficient (Wildman–Crippen LogP) is 3.20. The minimum atomic E-state index is 0. The van der Waals surface area contributed by atoms with E-state index in [1.165, 1.54) is 5.56 Å². The van der Waals surface area contributed by atoms with Gasteiger partial charge in [-0.3, -0.25) is 9.67 Å². The Labute approximate surface area is 165 Å². The molecule has 1 aromatic carbocycles. The highest BCUT2D eigenvalue weighted by Crippen LogP contribution is 2.10. The first-order valence-corrected chi connectivity index (χ1v) is 8.21. The lowest BCUT2D eigenvalue weighted by molar-refractivity contribution is 0.443. The van der Waals surface area contributed by atoms with E-state index in [-0.39, 0.29) is 24.0 Å². The zero-order valence-electron chi connectivity index (χ0n) is 14.1. The molecule has 1 atom stereocenters. The van der Waals surface area contributed by atoms with Gasteiger partial charge in [0.25, 0.3) is 0 Å². The summed E-state index contributed by atoms with van der Waals surface area (Å²) in [4.78, 5) is 4.25. The Kier molecular flexibility index (Phi) is 9.78. The summed E-state index contributed by atoms with van der Waals surface area (Å²) in [5.41, 5.74) is 1.22. The van der Waals surface area contributed by atoms with Crippen molar-refractivity contribution in [2.75, 3.05) is 20.1 Å². The molecular formula is C17H25ClIN5. The van der Waals surface area contributed by atoms with Gasteiger partial charge >= 0.3 is 0 Å². The van der Waals surface area contributed by atoms with Crippen molar-refractivity contribution in [1.29, 1.82) is 0 Å². The van der Waals surface area contributed by atoms with Gasteiger partial charge in [0.15, 0.2) is 5.96 Å². The lowest BCUT2D eigenvalue weighted by Crippen LogP contribution is -2.40. The zero-order chi connectivity index (χ0) is 16.5. The molecule has 1 heterocycles. The molecular weight excluding hydrogens is 437 g/mol. The molecule has 1 unspecified atom stereocenters. The summed E-state index contributed by atoms with van der Waals surface area (Å²) >= 11 is 5.99. The van der Waals surface area contributed by atoms with E-state index >= 15 is 0 Å². The molecule has 0 aliphatic heterocycles. The van der Waals surface area contributed by atoms with Crippen molar-refractivity contribution in [2.45, 2.75) is 19.9 Å². The van der Waals surface area contributed by atoms with Gasteiger partial charge in [0.05, 0.1) is 0 Å². The third-order valence-corrected chi connectivity index (χ3v) is 3.73. The van der Waals surface area contributed by atoms with Crippen LogP contribution in [0.1, 0.15) is 12.5 Å². The third kappa shape index (κ3) is 7.53. The topological polar surface area (TPSA) is 54.2 Å². The molecule has 1 aromatic heterocycles. The van der Waals surface area contributed by atoms with Crippen LogP contribution >= 0.6 is 35.6 Å². The first kappa shape index (κ1) is 20.8. The molecule has 0 fully saturated rings. The quantitative estimate of drug-likeness (QED) is 0.378. The van der Waals surface area contributed by atoms with Crippen molar-refractivity contribution in [2.24, 2.45) is 10.9 Å². The second kappa shape index (κ2) is 11.3. The molecule has 0 spiro atoms. The van der Waals surface area contributed by atoms with Crippen LogP contribution in [0.15, 0.2) is 47.7 Å². The summed E-state index contributed by atoms with van der Waals surface area (Å²) in [6.07, 6.45) is 4.69. The van der Waals surface area contributed by atoms with E-state index in [1.807, 2.05) is 35.1 Å². The van der Waals surface area contributed by atoms with Crippen molar-refractivity contribution >= 4 is 41.5 Å². The van der Waals surface area contributed by atoms with Crippen LogP contribution in [0.4, 0.5) is 0 Å². The van der Waals surface area contributed by atoms with Crippen molar-refractivity contribution in [1.82, 2.24) is 20.4 Å². The van der Waals surface area contributed by atoms with Gasteiger partial charge in [0.1, 0.15) is 0 Å². The van der Waals surface area contributed by atoms with E-state index in [0.717, 1.165) is 37.0 Å². The number of hydrogen-bond donors (Lipinski definition) is 2. The fraction of sp³-hybridized carbons (Fsp3) is 0.412. The van der Waals surface area contributed by atoms with Crippen molar-refractivity contribution in [3.8, 4) is 0 Å². The van der Waals surface area contributed by atoms with Gasteiger partial charge in [-0.2, -0.15) is 5.10 Å². The minimum Gasteiger partial charge on any atom is -0.356 e. The van der Waals surface area contributed by atoms with Crippen LogP contribution in [0.2, 0.25) is 5.02 Å². The highest BCUT2D eigenvalue weighted by atomic mass is 127. The maximum absolute atomic E-state index is 5.99. The molecule has 0 saturated heterocycles. The minimum absolute atomic E-state index is 0. The van der Waals surface area contributed by atoms with Crippen LogP contribution in [0.5, 0.6) is 0 Å². The summed E-state index contributed by atoms with van der Waals surface area (Å²) in [6, 6.07) is 9.87. The first-order chi connectivity index (χ1) is 11.2. The molecule has 132 valence electrons. The molecule has 0 amide bonds. The summed E-state index contributed by atoms with van der Waals surface area (Å²) in [6.45, 7) is 4.73. The monoisotopic (exact) mass is 461 g/mol. The van der Waals surface area contributed by atoms with Gasteiger partial charge in [-0.15, -0.1) is 24.0 Å². The number of nitrogens with zero attached hydrogens (tertiary/aromatic N) is 3. The fourth-order valence-electron chi connectivity index (χ4n) is 2.30. The van der Waals surface area contributed by atoms with Crippen LogP contribution in [0.25, 0.3) is 0 Å². The van der Waals surface area contributed by atoms with Crippen molar-refractivity contribution in [3.63, 3.8) is 0 Å². The zero-order valence-corrected chi connectivity index (χ0v) is 17.2. The maximum atomic E-state index is 5.99. The maximum Gasteiger partial charge on any atom is 0.190 e. The van der Waals surface area contributed by atoms with Gasteiger partial charge in [-0.1, -0.05) is 30.7 Å². The van der Waals surface area contributed by atoms with Crippen LogP contribution in [0.3, 0.4) is 0 Å². The molecule has 24 heavy (non-hydrogen) atoms. The molecule has 2 aromatic rings. The van der Waals surface area contributed by atoms with Gasteiger partial charge in [0.2, 0.25) is 0 Å². The Morgan fingerprint density at radius 1 is 1.33 bits per heavy atom. The number of rotatable bonds is 7. The Hall–Kier alpha value is -1.28. The summed E-state index contributed by atoms with van der Waals surface area (Å²) in [5, 5.41) is 11.7. The number of aliphatic imine (C=N–C) groups is 1. The average molecular weight is 462 g/mol. The lowest BCUT2D eigenvalue weighted by atomic mass is 10.1. The van der Waals surface area contributed by atoms with E-state index in [2.05, 4.69) is 33.7 Å². The number of halogens is 2. The van der Waals surface area contributed by atoms with Crippen molar-refractivity contribution < 1.29 is 0 Å². The molecule has 0 aliphatic rings. The first-order valence-electron chi connectivity index (χ1n) is 7.83.